The van der Waals surface area contributed by atoms with Crippen molar-refractivity contribution in [2.75, 3.05) is 38.5 Å². The van der Waals surface area contributed by atoms with Crippen LogP contribution in [0.4, 0.5) is 0 Å². The number of carboxylic acids is 3. The van der Waals surface area contributed by atoms with E-state index in [1.54, 1.807) is 0 Å². The second-order valence-corrected chi connectivity index (χ2v) is 10.2. The third kappa shape index (κ3) is 5.00. The first kappa shape index (κ1) is 21.4. The van der Waals surface area contributed by atoms with Crippen LogP contribution in [0.25, 0.3) is 0 Å². The Morgan fingerprint density at radius 3 is 1.18 bits per heavy atom. The van der Waals surface area contributed by atoms with Crippen LogP contribution in [0.15, 0.2) is 0 Å². The monoisotopic (exact) mass is 415 g/mol. The Morgan fingerprint density at radius 2 is 0.929 bits per heavy atom. The number of rotatable bonds is 9. The quantitative estimate of drug-likeness (QED) is 0.473. The zero-order chi connectivity index (χ0) is 20.3. The first-order valence-corrected chi connectivity index (χ1v) is 11.9. The lowest BCUT2D eigenvalue weighted by molar-refractivity contribution is -0.142. The molecule has 158 valence electrons. The van der Waals surface area contributed by atoms with E-state index in [9.17, 15) is 29.7 Å². The maximum atomic E-state index is 11.6. The van der Waals surface area contributed by atoms with Crippen LogP contribution in [0, 0.1) is 0 Å². The molecule has 9 nitrogen and oxygen atoms in total. The Kier molecular flexibility index (Phi) is 7.25. The van der Waals surface area contributed by atoms with Gasteiger partial charge in [-0.05, 0) is 58.2 Å². The fourth-order valence-corrected chi connectivity index (χ4v) is 7.56. The molecule has 3 fully saturated rings. The molecule has 3 saturated heterocycles. The van der Waals surface area contributed by atoms with Gasteiger partial charge in [0, 0.05) is 18.9 Å². The highest BCUT2D eigenvalue weighted by molar-refractivity contribution is 7.57. The van der Waals surface area contributed by atoms with Gasteiger partial charge in [-0.3, -0.25) is 29.1 Å². The largest absolute Gasteiger partial charge is 0.480 e. The summed E-state index contributed by atoms with van der Waals surface area (Å²) in [5.41, 5.74) is 0. The molecule has 0 saturated carbocycles. The predicted octanol–water partition coefficient (Wildman–Crippen LogP) is 0.988. The summed E-state index contributed by atoms with van der Waals surface area (Å²) in [5.74, 6) is -2.41. The summed E-state index contributed by atoms with van der Waals surface area (Å²) < 4.78 is 0. The van der Waals surface area contributed by atoms with Gasteiger partial charge in [-0.2, -0.15) is 0 Å². The van der Waals surface area contributed by atoms with Crippen LogP contribution in [0.1, 0.15) is 38.5 Å². The van der Waals surface area contributed by atoms with E-state index in [1.165, 1.54) is 0 Å². The second kappa shape index (κ2) is 9.48. The summed E-state index contributed by atoms with van der Waals surface area (Å²) in [6.45, 7) is 2.21. The van der Waals surface area contributed by atoms with E-state index >= 15 is 0 Å². The lowest BCUT2D eigenvalue weighted by Gasteiger charge is -2.34. The summed E-state index contributed by atoms with van der Waals surface area (Å²) >= 11 is 0. The molecule has 0 bridgehead atoms. The lowest BCUT2D eigenvalue weighted by atomic mass is 10.2. The molecule has 0 aromatic heterocycles. The van der Waals surface area contributed by atoms with Gasteiger partial charge >= 0.3 is 17.9 Å². The fourth-order valence-electron chi connectivity index (χ4n) is 4.73. The Morgan fingerprint density at radius 1 is 0.643 bits per heavy atom. The van der Waals surface area contributed by atoms with Crippen LogP contribution in [0.3, 0.4) is 0 Å². The minimum absolute atomic E-state index is 0.479. The third-order valence-corrected chi connectivity index (χ3v) is 8.38. The SMILES string of the molecule is O=C(O)[C@@H]1CCCN1CP(CN1CCC[C@H]1C(=O)O)CN1CCC[C@H]1C(=O)O. The van der Waals surface area contributed by atoms with Crippen molar-refractivity contribution >= 4 is 25.8 Å². The van der Waals surface area contributed by atoms with E-state index in [1.807, 2.05) is 14.7 Å². The Hall–Kier alpha value is -1.28. The molecule has 3 N–H and O–H groups in total. The fraction of sp³-hybridized carbons (Fsp3) is 0.833. The molecule has 3 atom stereocenters. The first-order chi connectivity index (χ1) is 13.4. The van der Waals surface area contributed by atoms with Gasteiger partial charge in [0.2, 0.25) is 0 Å². The number of aliphatic carboxylic acids is 3. The molecule has 3 aliphatic rings. The summed E-state index contributed by atoms with van der Waals surface area (Å²) in [6.07, 6.45) is 6.34. The molecule has 28 heavy (non-hydrogen) atoms. The molecule has 0 aromatic carbocycles. The van der Waals surface area contributed by atoms with Gasteiger partial charge in [0.05, 0.1) is 0 Å². The molecule has 0 amide bonds. The van der Waals surface area contributed by atoms with E-state index in [-0.39, 0.29) is 0 Å². The summed E-state index contributed by atoms with van der Waals surface area (Å²) in [7, 11) is -0.760. The zero-order valence-corrected chi connectivity index (χ0v) is 17.0. The smallest absolute Gasteiger partial charge is 0.320 e. The molecule has 0 aliphatic carbocycles. The Balaban J connectivity index is 1.70. The molecule has 0 radical (unpaired) electrons. The second-order valence-electron chi connectivity index (χ2n) is 8.02. The van der Waals surface area contributed by atoms with Gasteiger partial charge in [0.25, 0.3) is 0 Å². The summed E-state index contributed by atoms with van der Waals surface area (Å²) in [6, 6.07) is -1.44. The van der Waals surface area contributed by atoms with Gasteiger partial charge in [-0.1, -0.05) is 7.92 Å². The van der Waals surface area contributed by atoms with Crippen molar-refractivity contribution in [3.63, 3.8) is 0 Å². The van der Waals surface area contributed by atoms with Crippen molar-refractivity contribution in [1.82, 2.24) is 14.7 Å². The predicted molar refractivity (Wildman–Crippen MR) is 104 cm³/mol. The van der Waals surface area contributed by atoms with E-state index in [0.29, 0.717) is 38.1 Å². The number of carbonyl (C=O) groups is 3. The van der Waals surface area contributed by atoms with E-state index in [2.05, 4.69) is 0 Å². The highest BCUT2D eigenvalue weighted by atomic mass is 31.1. The number of likely N-dealkylation sites (tertiary alicyclic amines) is 3. The van der Waals surface area contributed by atoms with Crippen LogP contribution >= 0.6 is 7.92 Å². The molecule has 3 heterocycles. The summed E-state index contributed by atoms with van der Waals surface area (Å²) in [5, 5.41) is 28.5. The van der Waals surface area contributed by atoms with Crippen LogP contribution < -0.4 is 0 Å². The topological polar surface area (TPSA) is 122 Å². The molecule has 0 unspecified atom stereocenters. The number of nitrogens with zero attached hydrogens (tertiary/aromatic N) is 3. The first-order valence-electron chi connectivity index (χ1n) is 9.99. The maximum Gasteiger partial charge on any atom is 0.320 e. The van der Waals surface area contributed by atoms with Gasteiger partial charge < -0.3 is 15.3 Å². The number of hydrogen-bond acceptors (Lipinski definition) is 6. The third-order valence-electron chi connectivity index (χ3n) is 6.09. The Bertz CT molecular complexity index is 525. The molecule has 10 heteroatoms. The minimum Gasteiger partial charge on any atom is -0.480 e. The molecule has 3 rings (SSSR count). The highest BCUT2D eigenvalue weighted by Gasteiger charge is 2.38. The van der Waals surface area contributed by atoms with Gasteiger partial charge in [-0.15, -0.1) is 0 Å². The number of hydrogen-bond donors (Lipinski definition) is 3. The van der Waals surface area contributed by atoms with Crippen molar-refractivity contribution < 1.29 is 29.7 Å². The molecular formula is C18H30N3O6P. The normalized spacial score (nSPS) is 29.7. The van der Waals surface area contributed by atoms with Crippen molar-refractivity contribution in [3.8, 4) is 0 Å². The van der Waals surface area contributed by atoms with Gasteiger partial charge in [0.1, 0.15) is 18.1 Å². The summed E-state index contributed by atoms with van der Waals surface area (Å²) in [4.78, 5) is 40.7. The lowest BCUT2D eigenvalue weighted by Crippen LogP contribution is -2.42. The molecular weight excluding hydrogens is 385 g/mol. The van der Waals surface area contributed by atoms with Crippen molar-refractivity contribution in [3.05, 3.63) is 0 Å². The van der Waals surface area contributed by atoms with E-state index < -0.39 is 44.0 Å². The highest BCUT2D eigenvalue weighted by Crippen LogP contribution is 2.43. The van der Waals surface area contributed by atoms with Crippen LogP contribution in [-0.2, 0) is 14.4 Å². The minimum atomic E-state index is -0.804. The molecule has 0 aromatic rings. The molecule has 3 aliphatic heterocycles. The van der Waals surface area contributed by atoms with E-state index in [4.69, 9.17) is 0 Å². The van der Waals surface area contributed by atoms with E-state index in [0.717, 1.165) is 38.9 Å². The average Bonchev–Trinajstić information content (AvgIpc) is 3.34. The van der Waals surface area contributed by atoms with Crippen LogP contribution in [-0.4, -0.2) is 105 Å². The number of carboxylic acid groups (broad SMARTS) is 3. The van der Waals surface area contributed by atoms with Gasteiger partial charge in [0.15, 0.2) is 0 Å². The maximum absolute atomic E-state index is 11.6. The van der Waals surface area contributed by atoms with Crippen molar-refractivity contribution in [1.29, 1.82) is 0 Å². The molecule has 0 spiro atoms. The van der Waals surface area contributed by atoms with Crippen LogP contribution in [0.5, 0.6) is 0 Å². The standard InChI is InChI=1S/C18H30N3O6P/c22-16(23)13-4-1-7-19(13)10-28(11-20-8-2-5-14(20)17(24)25)12-21-9-3-6-15(21)18(26)27/h13-15H,1-12H2,(H,22,23)(H,24,25)(H,26,27)/t13-,14-,15-/m0/s1. The Labute approximate surface area is 166 Å². The average molecular weight is 415 g/mol. The van der Waals surface area contributed by atoms with Crippen molar-refractivity contribution in [2.24, 2.45) is 0 Å². The zero-order valence-electron chi connectivity index (χ0n) is 16.1. The van der Waals surface area contributed by atoms with Crippen molar-refractivity contribution in [2.45, 2.75) is 56.7 Å². The van der Waals surface area contributed by atoms with Gasteiger partial charge in [-0.25, -0.2) is 0 Å². The van der Waals surface area contributed by atoms with Crippen LogP contribution in [0.2, 0.25) is 0 Å².